The molecule has 0 saturated carbocycles. The number of hydrogen-bond donors (Lipinski definition) is 0. The van der Waals surface area contributed by atoms with Gasteiger partial charge < -0.3 is 9.47 Å². The fourth-order valence-electron chi connectivity index (χ4n) is 2.27. The minimum Gasteiger partial charge on any atom is -0.495 e. The Morgan fingerprint density at radius 2 is 1.74 bits per heavy atom. The number of esters is 1. The highest BCUT2D eigenvalue weighted by atomic mass is 127. The van der Waals surface area contributed by atoms with Gasteiger partial charge in [-0.25, -0.2) is 4.79 Å². The van der Waals surface area contributed by atoms with E-state index in [9.17, 15) is 4.79 Å². The van der Waals surface area contributed by atoms with Gasteiger partial charge in [0, 0.05) is 5.56 Å². The van der Waals surface area contributed by atoms with Crippen molar-refractivity contribution in [1.29, 1.82) is 0 Å². The van der Waals surface area contributed by atoms with Gasteiger partial charge in [-0.15, -0.1) is 0 Å². The van der Waals surface area contributed by atoms with Gasteiger partial charge in [0.2, 0.25) is 0 Å². The van der Waals surface area contributed by atoms with Gasteiger partial charge >= 0.3 is 5.97 Å². The second-order valence-electron chi connectivity index (χ2n) is 4.88. The maximum atomic E-state index is 12.1. The summed E-state index contributed by atoms with van der Waals surface area (Å²) in [4.78, 5) is 12.1. The van der Waals surface area contributed by atoms with Crippen molar-refractivity contribution >= 4 is 63.0 Å². The van der Waals surface area contributed by atoms with Crippen LogP contribution in [0.5, 0.6) is 5.75 Å². The third-order valence-electron chi connectivity index (χ3n) is 3.33. The van der Waals surface area contributed by atoms with Crippen molar-refractivity contribution in [3.63, 3.8) is 0 Å². The third-order valence-corrected chi connectivity index (χ3v) is 4.93. The number of carbonyl (C=O) groups excluding carboxylic acids is 1. The van der Waals surface area contributed by atoms with Crippen molar-refractivity contribution in [1.82, 2.24) is 0 Å². The van der Waals surface area contributed by atoms with Gasteiger partial charge in [-0.1, -0.05) is 30.3 Å². The van der Waals surface area contributed by atoms with E-state index in [0.717, 1.165) is 24.0 Å². The van der Waals surface area contributed by atoms with Gasteiger partial charge in [0.25, 0.3) is 0 Å². The fourth-order valence-corrected chi connectivity index (χ4v) is 4.53. The summed E-state index contributed by atoms with van der Waals surface area (Å²) < 4.78 is 12.7. The quantitative estimate of drug-likeness (QED) is 0.323. The molecule has 5 heteroatoms. The molecule has 3 nitrogen and oxygen atoms in total. The molecule has 0 atom stereocenters. The van der Waals surface area contributed by atoms with Crippen LogP contribution in [0.4, 0.5) is 0 Å². The van der Waals surface area contributed by atoms with Gasteiger partial charge in [0.1, 0.15) is 11.5 Å². The molecule has 0 N–H and O–H groups in total. The van der Waals surface area contributed by atoms with E-state index in [0.29, 0.717) is 11.3 Å². The number of halogens is 2. The van der Waals surface area contributed by atoms with Gasteiger partial charge in [-0.3, -0.25) is 0 Å². The summed E-state index contributed by atoms with van der Waals surface area (Å²) in [6.45, 7) is 0. The molecule has 0 aromatic heterocycles. The number of benzene rings is 2. The van der Waals surface area contributed by atoms with Crippen molar-refractivity contribution < 1.29 is 14.3 Å². The van der Waals surface area contributed by atoms with E-state index in [2.05, 4.69) is 45.2 Å². The van der Waals surface area contributed by atoms with E-state index in [1.54, 1.807) is 13.2 Å². The van der Waals surface area contributed by atoms with E-state index in [-0.39, 0.29) is 5.97 Å². The Morgan fingerprint density at radius 3 is 2.35 bits per heavy atom. The first kappa shape index (κ1) is 16.5. The van der Waals surface area contributed by atoms with Gasteiger partial charge in [0.15, 0.2) is 0 Å². The molecule has 0 bridgehead atoms. The van der Waals surface area contributed by atoms with Crippen molar-refractivity contribution in [2.45, 2.75) is 0 Å². The monoisotopic (exact) mass is 530 g/mol. The first-order valence-electron chi connectivity index (χ1n) is 6.82. The van der Waals surface area contributed by atoms with Crippen LogP contribution in [-0.2, 0) is 9.53 Å². The molecule has 0 amide bonds. The van der Waals surface area contributed by atoms with E-state index >= 15 is 0 Å². The Kier molecular flexibility index (Phi) is 5.05. The van der Waals surface area contributed by atoms with Crippen LogP contribution in [0.1, 0.15) is 11.1 Å². The molecular weight excluding hydrogens is 518 g/mol. The van der Waals surface area contributed by atoms with Crippen molar-refractivity contribution in [2.75, 3.05) is 7.11 Å². The number of carbonyl (C=O) groups is 1. The molecule has 3 rings (SSSR count). The lowest BCUT2D eigenvalue weighted by molar-refractivity contribution is -0.130. The number of methoxy groups -OCH3 is 1. The van der Waals surface area contributed by atoms with Crippen LogP contribution in [-0.4, -0.2) is 13.1 Å². The smallest absolute Gasteiger partial charge is 0.343 e. The summed E-state index contributed by atoms with van der Waals surface area (Å²) in [6.07, 6.45) is 3.61. The van der Waals surface area contributed by atoms with E-state index in [1.165, 1.54) is 0 Å². The first-order chi connectivity index (χ1) is 11.1. The minimum atomic E-state index is -0.329. The molecule has 0 unspecified atom stereocenters. The lowest BCUT2D eigenvalue weighted by Gasteiger charge is -2.07. The molecule has 0 fully saturated rings. The Morgan fingerprint density at radius 1 is 1.09 bits per heavy atom. The van der Waals surface area contributed by atoms with Crippen LogP contribution >= 0.6 is 45.2 Å². The van der Waals surface area contributed by atoms with E-state index in [1.807, 2.05) is 48.5 Å². The predicted octanol–water partition coefficient (Wildman–Crippen LogP) is 4.89. The SMILES string of the molecule is COc1c(I)cc(/C=C2\C=C(c3ccccc3)OC2=O)cc1I. The molecule has 1 heterocycles. The zero-order valence-corrected chi connectivity index (χ0v) is 16.5. The predicted molar refractivity (Wildman–Crippen MR) is 107 cm³/mol. The molecule has 0 radical (unpaired) electrons. The number of ether oxygens (including phenoxy) is 2. The zero-order valence-electron chi connectivity index (χ0n) is 12.2. The normalized spacial score (nSPS) is 15.5. The van der Waals surface area contributed by atoms with Crippen LogP contribution in [0.15, 0.2) is 54.1 Å². The Hall–Kier alpha value is -1.35. The largest absolute Gasteiger partial charge is 0.495 e. The molecule has 1 aliphatic heterocycles. The van der Waals surface area contributed by atoms with Crippen molar-refractivity contribution in [2.24, 2.45) is 0 Å². The molecule has 1 aliphatic rings. The Labute approximate surface area is 161 Å². The van der Waals surface area contributed by atoms with E-state index in [4.69, 9.17) is 9.47 Å². The number of rotatable bonds is 3. The summed E-state index contributed by atoms with van der Waals surface area (Å²) in [6, 6.07) is 13.6. The highest BCUT2D eigenvalue weighted by Crippen LogP contribution is 2.31. The first-order valence-corrected chi connectivity index (χ1v) is 8.98. The fraction of sp³-hybridized carbons (Fsp3) is 0.0556. The number of cyclic esters (lactones) is 1. The highest BCUT2D eigenvalue weighted by Gasteiger charge is 2.22. The van der Waals surface area contributed by atoms with Gasteiger partial charge in [-0.05, 0) is 75.0 Å². The molecule has 116 valence electrons. The van der Waals surface area contributed by atoms with E-state index < -0.39 is 0 Å². The van der Waals surface area contributed by atoms with Crippen LogP contribution in [0.3, 0.4) is 0 Å². The van der Waals surface area contributed by atoms with Gasteiger partial charge in [-0.2, -0.15) is 0 Å². The standard InChI is InChI=1S/C18H12I2O3/c1-22-17-14(19)8-11(9-15(17)20)7-13-10-16(23-18(13)21)12-5-3-2-4-6-12/h2-10H,1H3/b13-7+. The molecule has 23 heavy (non-hydrogen) atoms. The summed E-state index contributed by atoms with van der Waals surface area (Å²) in [5.74, 6) is 1.10. The second kappa shape index (κ2) is 7.04. The lowest BCUT2D eigenvalue weighted by Crippen LogP contribution is -1.97. The zero-order chi connectivity index (χ0) is 16.4. The molecule has 0 spiro atoms. The Balaban J connectivity index is 1.97. The van der Waals surface area contributed by atoms with Crippen LogP contribution in [0.25, 0.3) is 11.8 Å². The maximum Gasteiger partial charge on any atom is 0.343 e. The van der Waals surface area contributed by atoms with Gasteiger partial charge in [0.05, 0.1) is 19.8 Å². The third kappa shape index (κ3) is 3.60. The van der Waals surface area contributed by atoms with Crippen LogP contribution in [0.2, 0.25) is 0 Å². The second-order valence-corrected chi connectivity index (χ2v) is 7.21. The van der Waals surface area contributed by atoms with Crippen LogP contribution in [0, 0.1) is 7.14 Å². The highest BCUT2D eigenvalue weighted by molar-refractivity contribution is 14.1. The molecular formula is C18H12I2O3. The maximum absolute atomic E-state index is 12.1. The average molecular weight is 530 g/mol. The van der Waals surface area contributed by atoms with Crippen molar-refractivity contribution in [3.8, 4) is 5.75 Å². The molecule has 2 aromatic carbocycles. The number of hydrogen-bond acceptors (Lipinski definition) is 3. The summed E-state index contributed by atoms with van der Waals surface area (Å²) in [5, 5.41) is 0. The lowest BCUT2D eigenvalue weighted by atomic mass is 10.1. The summed E-state index contributed by atoms with van der Waals surface area (Å²) in [7, 11) is 1.65. The average Bonchev–Trinajstić information content (AvgIpc) is 2.89. The molecule has 2 aromatic rings. The van der Waals surface area contributed by atoms with Crippen LogP contribution < -0.4 is 4.74 Å². The Bertz CT molecular complexity index is 800. The molecule has 0 saturated heterocycles. The molecule has 0 aliphatic carbocycles. The summed E-state index contributed by atoms with van der Waals surface area (Å²) >= 11 is 4.45. The summed E-state index contributed by atoms with van der Waals surface area (Å²) in [5.41, 5.74) is 2.38. The van der Waals surface area contributed by atoms with Crippen molar-refractivity contribution in [3.05, 3.63) is 72.4 Å². The topological polar surface area (TPSA) is 35.5 Å². The minimum absolute atomic E-state index is 0.329.